The number of nitrogens with zero attached hydrogens (tertiary/aromatic N) is 2. The van der Waals surface area contributed by atoms with Crippen LogP contribution in [0.3, 0.4) is 0 Å². The number of nitrogens with one attached hydrogen (secondary N) is 1. The quantitative estimate of drug-likeness (QED) is 0.734. The molecule has 3 N–H and O–H groups in total. The molecule has 0 unspecified atom stereocenters. The van der Waals surface area contributed by atoms with Crippen molar-refractivity contribution in [2.75, 3.05) is 19.4 Å². The Morgan fingerprint density at radius 3 is 2.77 bits per heavy atom. The number of nitrogens with two attached hydrogens (primary N) is 1. The van der Waals surface area contributed by atoms with Gasteiger partial charge in [0, 0.05) is 29.1 Å². The minimum Gasteiger partial charge on any atom is -0.496 e. The first-order valence-electron chi connectivity index (χ1n) is 8.23. The number of aromatic nitrogens is 2. The molecular formula is C19H19FN4O2. The van der Waals surface area contributed by atoms with Gasteiger partial charge in [-0.15, -0.1) is 10.2 Å². The second kappa shape index (κ2) is 7.35. The molecule has 0 aliphatic carbocycles. The molecular weight excluding hydrogens is 335 g/mol. The van der Waals surface area contributed by atoms with Crippen LogP contribution in [0.5, 0.6) is 5.75 Å². The van der Waals surface area contributed by atoms with E-state index >= 15 is 0 Å². The lowest BCUT2D eigenvalue weighted by Gasteiger charge is -2.13. The Morgan fingerprint density at radius 1 is 1.23 bits per heavy atom. The summed E-state index contributed by atoms with van der Waals surface area (Å²) >= 11 is 0. The number of carbonyl (C=O) groups is 1. The average molecular weight is 354 g/mol. The second-order valence-electron chi connectivity index (χ2n) is 5.76. The zero-order valence-electron chi connectivity index (χ0n) is 14.5. The van der Waals surface area contributed by atoms with Gasteiger partial charge in [-0.25, -0.2) is 4.39 Å². The van der Waals surface area contributed by atoms with E-state index in [4.69, 9.17) is 10.5 Å². The molecule has 0 radical (unpaired) electrons. The highest BCUT2D eigenvalue weighted by Crippen LogP contribution is 2.36. The predicted molar refractivity (Wildman–Crippen MR) is 98.5 cm³/mol. The zero-order valence-corrected chi connectivity index (χ0v) is 14.5. The Morgan fingerprint density at radius 2 is 2.04 bits per heavy atom. The second-order valence-corrected chi connectivity index (χ2v) is 5.76. The van der Waals surface area contributed by atoms with Gasteiger partial charge in [-0.2, -0.15) is 0 Å². The lowest BCUT2D eigenvalue weighted by atomic mass is 10.00. The molecule has 0 fully saturated rings. The summed E-state index contributed by atoms with van der Waals surface area (Å²) in [4.78, 5) is 12.2. The van der Waals surface area contributed by atoms with Gasteiger partial charge in [0.2, 0.25) is 0 Å². The highest BCUT2D eigenvalue weighted by atomic mass is 19.1. The molecule has 3 aromatic rings. The number of ether oxygens (including phenoxy) is 1. The Kier molecular flexibility index (Phi) is 4.97. The standard InChI is InChI=1S/C19H19FN4O2/c1-3-9-22-19(25)18-16(21)14-6-4-5-13(17(14)23-24-18)12-8-7-11(20)10-15(12)26-2/h4-8,10H,3,9H2,1-2H3,(H2,21,23)(H,22,25). The van der Waals surface area contributed by atoms with Crippen LogP contribution >= 0.6 is 0 Å². The van der Waals surface area contributed by atoms with Gasteiger partial charge in [0.15, 0.2) is 5.69 Å². The maximum absolute atomic E-state index is 13.5. The van der Waals surface area contributed by atoms with Crippen LogP contribution in [-0.4, -0.2) is 29.8 Å². The number of hydrogen-bond donors (Lipinski definition) is 2. The predicted octanol–water partition coefficient (Wildman–Crippen LogP) is 3.17. The Hall–Kier alpha value is -3.22. The molecule has 134 valence electrons. The minimum absolute atomic E-state index is 0.0918. The van der Waals surface area contributed by atoms with Crippen LogP contribution in [0, 0.1) is 5.82 Å². The van der Waals surface area contributed by atoms with Crippen LogP contribution in [-0.2, 0) is 0 Å². The monoisotopic (exact) mass is 354 g/mol. The van der Waals surface area contributed by atoms with Crippen LogP contribution in [0.4, 0.5) is 10.1 Å². The molecule has 0 aliphatic rings. The highest BCUT2D eigenvalue weighted by Gasteiger charge is 2.18. The van der Waals surface area contributed by atoms with E-state index in [1.54, 1.807) is 18.2 Å². The first kappa shape index (κ1) is 17.6. The molecule has 6 nitrogen and oxygen atoms in total. The first-order chi connectivity index (χ1) is 12.6. The maximum atomic E-state index is 13.5. The third kappa shape index (κ3) is 3.15. The van der Waals surface area contributed by atoms with Crippen molar-refractivity contribution in [3.05, 3.63) is 47.9 Å². The van der Waals surface area contributed by atoms with Crippen molar-refractivity contribution in [3.63, 3.8) is 0 Å². The van der Waals surface area contributed by atoms with Crippen molar-refractivity contribution in [1.82, 2.24) is 15.5 Å². The number of hydrogen-bond acceptors (Lipinski definition) is 5. The molecule has 0 atom stereocenters. The Balaban J connectivity index is 2.16. The fourth-order valence-corrected chi connectivity index (χ4v) is 2.74. The van der Waals surface area contributed by atoms with E-state index in [9.17, 15) is 9.18 Å². The third-order valence-corrected chi connectivity index (χ3v) is 4.04. The van der Waals surface area contributed by atoms with Crippen LogP contribution in [0.2, 0.25) is 0 Å². The van der Waals surface area contributed by atoms with Crippen LogP contribution in [0.1, 0.15) is 23.8 Å². The molecule has 0 saturated heterocycles. The number of benzene rings is 2. The number of nitrogen functional groups attached to an aromatic ring is 1. The summed E-state index contributed by atoms with van der Waals surface area (Å²) in [5.74, 6) is -0.377. The van der Waals surface area contributed by atoms with Crippen LogP contribution in [0.15, 0.2) is 36.4 Å². The van der Waals surface area contributed by atoms with E-state index < -0.39 is 5.82 Å². The molecule has 0 aliphatic heterocycles. The summed E-state index contributed by atoms with van der Waals surface area (Å²) in [7, 11) is 1.47. The summed E-state index contributed by atoms with van der Waals surface area (Å²) in [6.07, 6.45) is 0.807. The topological polar surface area (TPSA) is 90.1 Å². The number of fused-ring (bicyclic) bond motifs is 1. The van der Waals surface area contributed by atoms with Gasteiger partial charge in [0.05, 0.1) is 12.8 Å². The molecule has 1 heterocycles. The van der Waals surface area contributed by atoms with Crippen molar-refractivity contribution < 1.29 is 13.9 Å². The van der Waals surface area contributed by atoms with Gasteiger partial charge in [0.1, 0.15) is 17.1 Å². The molecule has 0 saturated carbocycles. The average Bonchev–Trinajstić information content (AvgIpc) is 2.66. The minimum atomic E-state index is -0.397. The van der Waals surface area contributed by atoms with Gasteiger partial charge in [0.25, 0.3) is 5.91 Å². The largest absolute Gasteiger partial charge is 0.496 e. The molecule has 0 bridgehead atoms. The van der Waals surface area contributed by atoms with E-state index in [1.807, 2.05) is 13.0 Å². The smallest absolute Gasteiger partial charge is 0.273 e. The Bertz CT molecular complexity index is 975. The number of rotatable bonds is 5. The summed E-state index contributed by atoms with van der Waals surface area (Å²) < 4.78 is 18.8. The molecule has 0 spiro atoms. The zero-order chi connectivity index (χ0) is 18.7. The molecule has 1 amide bonds. The SMILES string of the molecule is CCCNC(=O)c1nnc2c(-c3ccc(F)cc3OC)cccc2c1N. The van der Waals surface area contributed by atoms with Gasteiger partial charge in [-0.3, -0.25) is 4.79 Å². The number of methoxy groups -OCH3 is 1. The fourth-order valence-electron chi connectivity index (χ4n) is 2.74. The number of amides is 1. The fraction of sp³-hybridized carbons (Fsp3) is 0.211. The van der Waals surface area contributed by atoms with Gasteiger partial charge >= 0.3 is 0 Å². The van der Waals surface area contributed by atoms with Crippen molar-refractivity contribution >= 4 is 22.5 Å². The summed E-state index contributed by atoms with van der Waals surface area (Å²) in [5, 5.41) is 11.6. The maximum Gasteiger partial charge on any atom is 0.273 e. The van der Waals surface area contributed by atoms with Crippen molar-refractivity contribution in [1.29, 1.82) is 0 Å². The third-order valence-electron chi connectivity index (χ3n) is 4.04. The van der Waals surface area contributed by atoms with E-state index in [1.165, 1.54) is 19.2 Å². The van der Waals surface area contributed by atoms with Gasteiger partial charge in [-0.1, -0.05) is 25.1 Å². The van der Waals surface area contributed by atoms with Gasteiger partial charge < -0.3 is 15.8 Å². The Labute approximate surface area is 150 Å². The van der Waals surface area contributed by atoms with Gasteiger partial charge in [-0.05, 0) is 18.6 Å². The van der Waals surface area contributed by atoms with Crippen molar-refractivity contribution in [2.45, 2.75) is 13.3 Å². The van der Waals surface area contributed by atoms with Crippen molar-refractivity contribution in [3.8, 4) is 16.9 Å². The van der Waals surface area contributed by atoms with E-state index in [0.29, 0.717) is 34.3 Å². The number of anilines is 1. The summed E-state index contributed by atoms with van der Waals surface area (Å²) in [6.45, 7) is 2.49. The first-order valence-corrected chi connectivity index (χ1v) is 8.23. The number of halogens is 1. The molecule has 1 aromatic heterocycles. The lowest BCUT2D eigenvalue weighted by molar-refractivity contribution is 0.0949. The molecule has 3 rings (SSSR count). The normalized spacial score (nSPS) is 10.7. The molecule has 26 heavy (non-hydrogen) atoms. The van der Waals surface area contributed by atoms with Crippen LogP contribution < -0.4 is 15.8 Å². The van der Waals surface area contributed by atoms with E-state index in [-0.39, 0.29) is 17.3 Å². The van der Waals surface area contributed by atoms with Crippen molar-refractivity contribution in [2.24, 2.45) is 0 Å². The van der Waals surface area contributed by atoms with E-state index in [0.717, 1.165) is 6.42 Å². The molecule has 7 heteroatoms. The number of carbonyl (C=O) groups excluding carboxylic acids is 1. The summed E-state index contributed by atoms with van der Waals surface area (Å²) in [6, 6.07) is 9.66. The van der Waals surface area contributed by atoms with Crippen LogP contribution in [0.25, 0.3) is 22.0 Å². The lowest BCUT2D eigenvalue weighted by Crippen LogP contribution is -2.26. The summed E-state index contributed by atoms with van der Waals surface area (Å²) in [5.41, 5.74) is 8.40. The highest BCUT2D eigenvalue weighted by molar-refractivity contribution is 6.07. The van der Waals surface area contributed by atoms with E-state index in [2.05, 4.69) is 15.5 Å². The molecule has 2 aromatic carbocycles.